The Morgan fingerprint density at radius 2 is 1.52 bits per heavy atom. The van der Waals surface area contributed by atoms with E-state index in [0.717, 1.165) is 23.6 Å². The molecular formula is C25H22N4. The minimum atomic E-state index is 0.0171. The van der Waals surface area contributed by atoms with E-state index >= 15 is 0 Å². The minimum Gasteiger partial charge on any atom is -0.324 e. The second-order valence-electron chi connectivity index (χ2n) is 7.22. The average Bonchev–Trinajstić information content (AvgIpc) is 3.28. The van der Waals surface area contributed by atoms with Gasteiger partial charge in [0.1, 0.15) is 12.4 Å². The van der Waals surface area contributed by atoms with Crippen LogP contribution in [-0.2, 0) is 6.42 Å². The summed E-state index contributed by atoms with van der Waals surface area (Å²) in [5.74, 6) is 0.763. The number of anilines is 1. The van der Waals surface area contributed by atoms with Gasteiger partial charge in [0.25, 0.3) is 0 Å². The maximum absolute atomic E-state index is 4.44. The van der Waals surface area contributed by atoms with E-state index in [1.165, 1.54) is 22.3 Å². The Morgan fingerprint density at radius 1 is 0.828 bits per heavy atom. The Morgan fingerprint density at radius 3 is 2.24 bits per heavy atom. The predicted molar refractivity (Wildman–Crippen MR) is 117 cm³/mol. The molecule has 2 heterocycles. The van der Waals surface area contributed by atoms with Gasteiger partial charge in [0, 0.05) is 5.70 Å². The normalized spacial score (nSPS) is 15.3. The molecule has 5 rings (SSSR count). The minimum absolute atomic E-state index is 0.0171. The van der Waals surface area contributed by atoms with Crippen molar-refractivity contribution in [3.05, 3.63) is 108 Å². The van der Waals surface area contributed by atoms with Crippen LogP contribution in [0.3, 0.4) is 0 Å². The van der Waals surface area contributed by atoms with Gasteiger partial charge in [-0.15, -0.1) is 0 Å². The van der Waals surface area contributed by atoms with Gasteiger partial charge in [0.15, 0.2) is 0 Å². The lowest BCUT2D eigenvalue weighted by molar-refractivity contribution is 0.611. The summed E-state index contributed by atoms with van der Waals surface area (Å²) in [6.45, 7) is 2.17. The van der Waals surface area contributed by atoms with Gasteiger partial charge in [-0.3, -0.25) is 0 Å². The lowest BCUT2D eigenvalue weighted by Gasteiger charge is -2.24. The number of allylic oxidation sites excluding steroid dienone is 1. The zero-order valence-electron chi connectivity index (χ0n) is 16.3. The molecule has 4 aromatic rings. The first-order valence-corrected chi connectivity index (χ1v) is 9.95. The van der Waals surface area contributed by atoms with Gasteiger partial charge < -0.3 is 5.32 Å². The molecule has 142 valence electrons. The topological polar surface area (TPSA) is 42.7 Å². The molecule has 1 aromatic heterocycles. The number of benzene rings is 3. The van der Waals surface area contributed by atoms with Crippen molar-refractivity contribution in [2.45, 2.75) is 19.4 Å². The first kappa shape index (κ1) is 17.4. The molecule has 29 heavy (non-hydrogen) atoms. The summed E-state index contributed by atoms with van der Waals surface area (Å²) < 4.78 is 1.93. The van der Waals surface area contributed by atoms with Crippen LogP contribution >= 0.6 is 0 Å². The second-order valence-corrected chi connectivity index (χ2v) is 7.22. The van der Waals surface area contributed by atoms with Gasteiger partial charge in [-0.2, -0.15) is 10.1 Å². The highest BCUT2D eigenvalue weighted by atomic mass is 15.4. The zero-order valence-corrected chi connectivity index (χ0v) is 16.3. The fourth-order valence-corrected chi connectivity index (χ4v) is 3.76. The van der Waals surface area contributed by atoms with Gasteiger partial charge >= 0.3 is 0 Å². The third kappa shape index (κ3) is 3.34. The highest BCUT2D eigenvalue weighted by Crippen LogP contribution is 2.32. The van der Waals surface area contributed by atoms with Crippen LogP contribution in [-0.4, -0.2) is 14.8 Å². The first-order chi connectivity index (χ1) is 14.3. The molecule has 3 aromatic carbocycles. The van der Waals surface area contributed by atoms with Crippen LogP contribution in [0.15, 0.2) is 91.3 Å². The summed E-state index contributed by atoms with van der Waals surface area (Å²) in [5.41, 5.74) is 7.15. The number of nitrogens with one attached hydrogen (secondary N) is 1. The van der Waals surface area contributed by atoms with Crippen LogP contribution in [0.1, 0.15) is 29.7 Å². The number of rotatable bonds is 4. The molecule has 1 N–H and O–H groups in total. The van der Waals surface area contributed by atoms with Gasteiger partial charge in [0.2, 0.25) is 5.95 Å². The van der Waals surface area contributed by atoms with Crippen molar-refractivity contribution in [1.29, 1.82) is 0 Å². The predicted octanol–water partition coefficient (Wildman–Crippen LogP) is 5.56. The molecule has 0 radical (unpaired) electrons. The van der Waals surface area contributed by atoms with Crippen LogP contribution in [0.2, 0.25) is 0 Å². The standard InChI is InChI=1S/C25H22N4/c1-2-18-8-10-22(11-9-18)24-16-23(28-25-26-17-27-29(24)25)21-14-12-20(13-15-21)19-6-4-3-5-7-19/h3-17,24H,2H2,1H3,(H,26,27,28). The number of nitrogens with zero attached hydrogens (tertiary/aromatic N) is 3. The second kappa shape index (κ2) is 7.40. The Hall–Kier alpha value is -3.66. The van der Waals surface area contributed by atoms with Crippen molar-refractivity contribution in [2.24, 2.45) is 0 Å². The summed E-state index contributed by atoms with van der Waals surface area (Å²) in [6, 6.07) is 27.8. The summed E-state index contributed by atoms with van der Waals surface area (Å²) in [4.78, 5) is 4.41. The average molecular weight is 378 g/mol. The van der Waals surface area contributed by atoms with E-state index < -0.39 is 0 Å². The Balaban J connectivity index is 1.50. The molecule has 0 spiro atoms. The van der Waals surface area contributed by atoms with Crippen LogP contribution in [0, 0.1) is 0 Å². The number of hydrogen-bond acceptors (Lipinski definition) is 3. The number of aryl methyl sites for hydroxylation is 1. The van der Waals surface area contributed by atoms with E-state index in [4.69, 9.17) is 0 Å². The molecule has 4 heteroatoms. The largest absolute Gasteiger partial charge is 0.324 e. The van der Waals surface area contributed by atoms with Gasteiger partial charge in [0.05, 0.1) is 0 Å². The highest BCUT2D eigenvalue weighted by Gasteiger charge is 2.23. The van der Waals surface area contributed by atoms with Crippen LogP contribution < -0.4 is 5.32 Å². The fraction of sp³-hybridized carbons (Fsp3) is 0.120. The van der Waals surface area contributed by atoms with Crippen LogP contribution in [0.4, 0.5) is 5.95 Å². The molecule has 1 aliphatic rings. The third-order valence-corrected chi connectivity index (χ3v) is 5.44. The number of fused-ring (bicyclic) bond motifs is 1. The maximum Gasteiger partial charge on any atom is 0.226 e. The smallest absolute Gasteiger partial charge is 0.226 e. The van der Waals surface area contributed by atoms with E-state index in [9.17, 15) is 0 Å². The molecule has 0 fully saturated rings. The van der Waals surface area contributed by atoms with Gasteiger partial charge in [-0.1, -0.05) is 85.8 Å². The van der Waals surface area contributed by atoms with Gasteiger partial charge in [-0.25, -0.2) is 4.68 Å². The van der Waals surface area contributed by atoms with Crippen LogP contribution in [0.5, 0.6) is 0 Å². The summed E-state index contributed by atoms with van der Waals surface area (Å²) in [6.07, 6.45) is 4.86. The number of hydrogen-bond donors (Lipinski definition) is 1. The van der Waals surface area contributed by atoms with Crippen molar-refractivity contribution in [3.8, 4) is 11.1 Å². The molecule has 1 unspecified atom stereocenters. The molecule has 0 saturated heterocycles. The monoisotopic (exact) mass is 378 g/mol. The fourth-order valence-electron chi connectivity index (χ4n) is 3.76. The van der Waals surface area contributed by atoms with Crippen molar-refractivity contribution in [1.82, 2.24) is 14.8 Å². The molecule has 0 aliphatic carbocycles. The molecule has 1 aliphatic heterocycles. The quantitative estimate of drug-likeness (QED) is 0.505. The lowest BCUT2D eigenvalue weighted by Crippen LogP contribution is -2.20. The van der Waals surface area contributed by atoms with E-state index in [2.05, 4.69) is 101 Å². The first-order valence-electron chi connectivity index (χ1n) is 9.95. The summed E-state index contributed by atoms with van der Waals surface area (Å²) in [7, 11) is 0. The van der Waals surface area contributed by atoms with E-state index in [0.29, 0.717) is 0 Å². The van der Waals surface area contributed by atoms with Gasteiger partial charge in [-0.05, 0) is 40.3 Å². The Labute approximate surface area is 170 Å². The molecular weight excluding hydrogens is 356 g/mol. The molecule has 4 nitrogen and oxygen atoms in total. The highest BCUT2D eigenvalue weighted by molar-refractivity contribution is 5.78. The third-order valence-electron chi connectivity index (χ3n) is 5.44. The SMILES string of the molecule is CCc1ccc(C2C=C(c3ccc(-c4ccccc4)cc3)Nc3ncnn32)cc1. The number of aromatic nitrogens is 3. The Kier molecular flexibility index (Phi) is 4.45. The maximum atomic E-state index is 4.44. The lowest BCUT2D eigenvalue weighted by atomic mass is 9.98. The van der Waals surface area contributed by atoms with E-state index in [1.807, 2.05) is 10.7 Å². The molecule has 0 saturated carbocycles. The van der Waals surface area contributed by atoms with Crippen molar-refractivity contribution in [2.75, 3.05) is 5.32 Å². The molecule has 1 atom stereocenters. The van der Waals surface area contributed by atoms with E-state index in [1.54, 1.807) is 6.33 Å². The van der Waals surface area contributed by atoms with Crippen molar-refractivity contribution >= 4 is 11.6 Å². The zero-order chi connectivity index (χ0) is 19.6. The van der Waals surface area contributed by atoms with Crippen LogP contribution in [0.25, 0.3) is 16.8 Å². The summed E-state index contributed by atoms with van der Waals surface area (Å²) >= 11 is 0. The van der Waals surface area contributed by atoms with Crippen molar-refractivity contribution < 1.29 is 0 Å². The molecule has 0 amide bonds. The van der Waals surface area contributed by atoms with E-state index in [-0.39, 0.29) is 6.04 Å². The Bertz CT molecular complexity index is 1140. The molecule has 0 bridgehead atoms. The summed E-state index contributed by atoms with van der Waals surface area (Å²) in [5, 5.41) is 7.86. The van der Waals surface area contributed by atoms with Crippen molar-refractivity contribution in [3.63, 3.8) is 0 Å².